The number of hydrogen-bond donors (Lipinski definition) is 0. The second kappa shape index (κ2) is 4.06. The van der Waals surface area contributed by atoms with Gasteiger partial charge in [0.15, 0.2) is 6.10 Å². The van der Waals surface area contributed by atoms with Gasteiger partial charge in [0.2, 0.25) is 0 Å². The van der Waals surface area contributed by atoms with E-state index in [-0.39, 0.29) is 6.10 Å². The molecule has 0 bridgehead atoms. The van der Waals surface area contributed by atoms with Crippen molar-refractivity contribution in [1.82, 2.24) is 0 Å². The molecule has 1 aliphatic heterocycles. The summed E-state index contributed by atoms with van der Waals surface area (Å²) >= 11 is 0. The zero-order chi connectivity index (χ0) is 11.7. The number of oxime groups is 1. The van der Waals surface area contributed by atoms with Gasteiger partial charge >= 0.3 is 0 Å². The van der Waals surface area contributed by atoms with Crippen LogP contribution in [0.3, 0.4) is 0 Å². The SMILES string of the molecule is C=C[C@H]1CC(c2ccc3ccccc3c2)=NO1. The molecule has 2 heteroatoms. The lowest BCUT2D eigenvalue weighted by molar-refractivity contribution is 0.120. The van der Waals surface area contributed by atoms with Gasteiger partial charge in [-0.25, -0.2) is 0 Å². The normalized spacial score (nSPS) is 18.8. The predicted molar refractivity (Wildman–Crippen MR) is 70.2 cm³/mol. The number of benzene rings is 2. The fourth-order valence-electron chi connectivity index (χ4n) is 2.06. The molecular formula is C15H13NO. The average molecular weight is 223 g/mol. The molecular weight excluding hydrogens is 210 g/mol. The highest BCUT2D eigenvalue weighted by Gasteiger charge is 2.19. The molecule has 3 rings (SSSR count). The molecule has 1 atom stereocenters. The summed E-state index contributed by atoms with van der Waals surface area (Å²) in [4.78, 5) is 5.25. The summed E-state index contributed by atoms with van der Waals surface area (Å²) in [6.07, 6.45) is 2.62. The minimum Gasteiger partial charge on any atom is -0.388 e. The number of rotatable bonds is 2. The van der Waals surface area contributed by atoms with Crippen molar-refractivity contribution in [3.05, 3.63) is 60.7 Å². The summed E-state index contributed by atoms with van der Waals surface area (Å²) < 4.78 is 0. The zero-order valence-electron chi connectivity index (χ0n) is 9.47. The largest absolute Gasteiger partial charge is 0.388 e. The molecule has 0 amide bonds. The van der Waals surface area contributed by atoms with Gasteiger partial charge in [-0.2, -0.15) is 0 Å². The monoisotopic (exact) mass is 223 g/mol. The van der Waals surface area contributed by atoms with Crippen molar-refractivity contribution in [1.29, 1.82) is 0 Å². The summed E-state index contributed by atoms with van der Waals surface area (Å²) in [5.41, 5.74) is 2.13. The van der Waals surface area contributed by atoms with Crippen molar-refractivity contribution in [2.75, 3.05) is 0 Å². The van der Waals surface area contributed by atoms with E-state index in [4.69, 9.17) is 4.84 Å². The molecule has 84 valence electrons. The molecule has 0 saturated heterocycles. The van der Waals surface area contributed by atoms with Crippen molar-refractivity contribution >= 4 is 16.5 Å². The standard InChI is InChI=1S/C15H13NO/c1-2-14-10-15(16-17-14)13-8-7-11-5-3-4-6-12(11)9-13/h2-9,14H,1,10H2/t14-/m0/s1. The van der Waals surface area contributed by atoms with Gasteiger partial charge in [-0.05, 0) is 22.9 Å². The van der Waals surface area contributed by atoms with Crippen molar-refractivity contribution in [3.63, 3.8) is 0 Å². The quantitative estimate of drug-likeness (QED) is 0.714. The van der Waals surface area contributed by atoms with Crippen LogP contribution >= 0.6 is 0 Å². The summed E-state index contributed by atoms with van der Waals surface area (Å²) in [5.74, 6) is 0. The summed E-state index contributed by atoms with van der Waals surface area (Å²) in [6, 6.07) is 14.7. The van der Waals surface area contributed by atoms with Crippen molar-refractivity contribution < 1.29 is 4.84 Å². The molecule has 2 aromatic carbocycles. The Bertz CT molecular complexity index is 601. The van der Waals surface area contributed by atoms with Crippen LogP contribution in [0.5, 0.6) is 0 Å². The van der Waals surface area contributed by atoms with E-state index in [1.807, 2.05) is 12.1 Å². The first-order valence-corrected chi connectivity index (χ1v) is 5.71. The fourth-order valence-corrected chi connectivity index (χ4v) is 2.06. The van der Waals surface area contributed by atoms with Gasteiger partial charge in [0.05, 0.1) is 5.71 Å². The molecule has 0 N–H and O–H groups in total. The summed E-state index contributed by atoms with van der Waals surface area (Å²) in [5, 5.41) is 6.59. The lowest BCUT2D eigenvalue weighted by Gasteiger charge is -2.02. The molecule has 1 aliphatic rings. The van der Waals surface area contributed by atoms with Crippen LogP contribution in [0.1, 0.15) is 12.0 Å². The molecule has 0 saturated carbocycles. The number of hydrogen-bond acceptors (Lipinski definition) is 2. The first kappa shape index (κ1) is 10.1. The van der Waals surface area contributed by atoms with Crippen LogP contribution < -0.4 is 0 Å². The van der Waals surface area contributed by atoms with Crippen molar-refractivity contribution in [2.45, 2.75) is 12.5 Å². The Balaban J connectivity index is 1.99. The maximum absolute atomic E-state index is 5.25. The molecule has 0 fully saturated rings. The zero-order valence-corrected chi connectivity index (χ0v) is 9.47. The predicted octanol–water partition coefficient (Wildman–Crippen LogP) is 3.52. The Morgan fingerprint density at radius 1 is 1.18 bits per heavy atom. The van der Waals surface area contributed by atoms with Gasteiger partial charge in [0, 0.05) is 12.0 Å². The van der Waals surface area contributed by atoms with E-state index in [1.54, 1.807) is 6.08 Å². The first-order chi connectivity index (χ1) is 8.36. The van der Waals surface area contributed by atoms with Crippen molar-refractivity contribution in [3.8, 4) is 0 Å². The van der Waals surface area contributed by atoms with E-state index in [1.165, 1.54) is 10.8 Å². The summed E-state index contributed by atoms with van der Waals surface area (Å²) in [6.45, 7) is 3.72. The third-order valence-corrected chi connectivity index (χ3v) is 3.04. The minimum absolute atomic E-state index is 0.0245. The average Bonchev–Trinajstić information content (AvgIpc) is 2.87. The Morgan fingerprint density at radius 3 is 2.76 bits per heavy atom. The third-order valence-electron chi connectivity index (χ3n) is 3.04. The van der Waals surface area contributed by atoms with E-state index in [9.17, 15) is 0 Å². The van der Waals surface area contributed by atoms with Crippen LogP contribution in [-0.2, 0) is 4.84 Å². The highest BCUT2D eigenvalue weighted by atomic mass is 16.6. The van der Waals surface area contributed by atoms with Crippen LogP contribution in [0.4, 0.5) is 0 Å². The molecule has 0 aliphatic carbocycles. The van der Waals surface area contributed by atoms with Gasteiger partial charge in [0.25, 0.3) is 0 Å². The molecule has 0 aromatic heterocycles. The van der Waals surface area contributed by atoms with E-state index in [0.29, 0.717) is 0 Å². The first-order valence-electron chi connectivity index (χ1n) is 5.71. The van der Waals surface area contributed by atoms with Crippen molar-refractivity contribution in [2.24, 2.45) is 5.16 Å². The highest BCUT2D eigenvalue weighted by molar-refractivity contribution is 6.04. The molecule has 0 unspecified atom stereocenters. The summed E-state index contributed by atoms with van der Waals surface area (Å²) in [7, 11) is 0. The van der Waals surface area contributed by atoms with E-state index in [0.717, 1.165) is 17.7 Å². The Morgan fingerprint density at radius 2 is 2.00 bits per heavy atom. The van der Waals surface area contributed by atoms with Gasteiger partial charge in [-0.1, -0.05) is 48.1 Å². The Labute approximate surface area is 100 Å². The van der Waals surface area contributed by atoms with Gasteiger partial charge < -0.3 is 4.84 Å². The van der Waals surface area contributed by atoms with Gasteiger partial charge in [-0.3, -0.25) is 0 Å². The smallest absolute Gasteiger partial charge is 0.151 e. The number of fused-ring (bicyclic) bond motifs is 1. The minimum atomic E-state index is 0.0245. The second-order valence-corrected chi connectivity index (χ2v) is 4.18. The van der Waals surface area contributed by atoms with E-state index in [2.05, 4.69) is 42.1 Å². The second-order valence-electron chi connectivity index (χ2n) is 4.18. The van der Waals surface area contributed by atoms with Crippen LogP contribution in [0.15, 0.2) is 60.3 Å². The van der Waals surface area contributed by atoms with E-state index >= 15 is 0 Å². The van der Waals surface area contributed by atoms with Crippen LogP contribution in [-0.4, -0.2) is 11.8 Å². The lowest BCUT2D eigenvalue weighted by atomic mass is 10.0. The van der Waals surface area contributed by atoms with Crippen LogP contribution in [0.25, 0.3) is 10.8 Å². The molecule has 0 radical (unpaired) electrons. The topological polar surface area (TPSA) is 21.6 Å². The molecule has 2 nitrogen and oxygen atoms in total. The van der Waals surface area contributed by atoms with Crippen LogP contribution in [0, 0.1) is 0 Å². The fraction of sp³-hybridized carbons (Fsp3) is 0.133. The molecule has 2 aromatic rings. The maximum atomic E-state index is 5.25. The van der Waals surface area contributed by atoms with Crippen LogP contribution in [0.2, 0.25) is 0 Å². The maximum Gasteiger partial charge on any atom is 0.151 e. The lowest BCUT2D eigenvalue weighted by Crippen LogP contribution is -2.04. The molecule has 17 heavy (non-hydrogen) atoms. The number of nitrogens with zero attached hydrogens (tertiary/aromatic N) is 1. The highest BCUT2D eigenvalue weighted by Crippen LogP contribution is 2.21. The van der Waals surface area contributed by atoms with Gasteiger partial charge in [-0.15, -0.1) is 0 Å². The Hall–Kier alpha value is -2.09. The third kappa shape index (κ3) is 1.82. The van der Waals surface area contributed by atoms with E-state index < -0.39 is 0 Å². The molecule has 1 heterocycles. The molecule has 0 spiro atoms. The Kier molecular flexibility index (Phi) is 2.41. The van der Waals surface area contributed by atoms with Gasteiger partial charge in [0.1, 0.15) is 0 Å².